The van der Waals surface area contributed by atoms with E-state index in [0.29, 0.717) is 12.0 Å². The van der Waals surface area contributed by atoms with E-state index in [4.69, 9.17) is 23.2 Å². The van der Waals surface area contributed by atoms with Gasteiger partial charge in [-0.15, -0.1) is 0 Å². The van der Waals surface area contributed by atoms with Crippen LogP contribution in [0, 0.1) is 10.1 Å². The Hall–Kier alpha value is -2.11. The van der Waals surface area contributed by atoms with Crippen LogP contribution in [0.15, 0.2) is 42.5 Å². The van der Waals surface area contributed by atoms with Gasteiger partial charge in [0.2, 0.25) is 0 Å². The number of nitro groups is 1. The number of amides is 1. The van der Waals surface area contributed by atoms with Crippen LogP contribution < -0.4 is 5.32 Å². The summed E-state index contributed by atoms with van der Waals surface area (Å²) in [5.74, 6) is -0.408. The van der Waals surface area contributed by atoms with E-state index in [1.54, 1.807) is 36.4 Å². The molecule has 0 bridgehead atoms. The maximum absolute atomic E-state index is 12.1. The van der Waals surface area contributed by atoms with E-state index < -0.39 is 10.8 Å². The Balaban J connectivity index is 2.03. The fourth-order valence-corrected chi connectivity index (χ4v) is 2.58. The number of benzene rings is 2. The first-order valence-corrected chi connectivity index (χ1v) is 7.21. The van der Waals surface area contributed by atoms with E-state index in [1.165, 1.54) is 6.07 Å². The first kappa shape index (κ1) is 16.3. The number of nitro benzene ring substituents is 1. The number of para-hydroxylation sites is 1. The topological polar surface area (TPSA) is 72.2 Å². The zero-order valence-corrected chi connectivity index (χ0v) is 12.9. The Kier molecular flexibility index (Phi) is 5.35. The average Bonchev–Trinajstić information content (AvgIpc) is 2.47. The van der Waals surface area contributed by atoms with Crippen molar-refractivity contribution in [1.82, 2.24) is 5.32 Å². The minimum atomic E-state index is -0.442. The van der Waals surface area contributed by atoms with Crippen LogP contribution in [0.2, 0.25) is 10.0 Å². The molecule has 7 heteroatoms. The van der Waals surface area contributed by atoms with Gasteiger partial charge in [0, 0.05) is 18.2 Å². The molecule has 2 aromatic rings. The summed E-state index contributed by atoms with van der Waals surface area (Å²) in [5.41, 5.74) is 0.791. The van der Waals surface area contributed by atoms with Gasteiger partial charge in [0.25, 0.3) is 11.6 Å². The van der Waals surface area contributed by atoms with Gasteiger partial charge in [0.05, 0.1) is 20.5 Å². The van der Waals surface area contributed by atoms with Crippen LogP contribution in [0.1, 0.15) is 15.9 Å². The van der Waals surface area contributed by atoms with Crippen molar-refractivity contribution in [3.63, 3.8) is 0 Å². The fourth-order valence-electron chi connectivity index (χ4n) is 2.01. The van der Waals surface area contributed by atoms with Crippen LogP contribution in [0.3, 0.4) is 0 Å². The number of rotatable bonds is 5. The van der Waals surface area contributed by atoms with Gasteiger partial charge in [-0.05, 0) is 18.6 Å². The molecule has 0 aromatic heterocycles. The second kappa shape index (κ2) is 7.24. The van der Waals surface area contributed by atoms with Crippen molar-refractivity contribution in [3.05, 3.63) is 73.8 Å². The van der Waals surface area contributed by atoms with Crippen molar-refractivity contribution in [2.45, 2.75) is 6.42 Å². The standard InChI is InChI=1S/C15H12Cl2N2O3/c16-11-5-3-6-12(17)14(11)15(20)18-9-8-10-4-1-2-7-13(10)19(21)22/h1-7H,8-9H2,(H,18,20). The minimum absolute atomic E-state index is 0.0347. The molecule has 22 heavy (non-hydrogen) atoms. The Bertz CT molecular complexity index is 699. The summed E-state index contributed by atoms with van der Waals surface area (Å²) in [7, 11) is 0. The van der Waals surface area contributed by atoms with Gasteiger partial charge in [0.1, 0.15) is 0 Å². The van der Waals surface area contributed by atoms with Gasteiger partial charge in [-0.25, -0.2) is 0 Å². The molecule has 0 atom stereocenters. The molecule has 1 N–H and O–H groups in total. The van der Waals surface area contributed by atoms with E-state index in [-0.39, 0.29) is 27.8 Å². The highest BCUT2D eigenvalue weighted by atomic mass is 35.5. The van der Waals surface area contributed by atoms with E-state index >= 15 is 0 Å². The van der Waals surface area contributed by atoms with Crippen LogP contribution in [-0.4, -0.2) is 17.4 Å². The van der Waals surface area contributed by atoms with Crippen molar-refractivity contribution in [1.29, 1.82) is 0 Å². The van der Waals surface area contributed by atoms with Gasteiger partial charge < -0.3 is 5.32 Å². The number of halogens is 2. The van der Waals surface area contributed by atoms with E-state index in [9.17, 15) is 14.9 Å². The summed E-state index contributed by atoms with van der Waals surface area (Å²) in [6.45, 7) is 0.241. The lowest BCUT2D eigenvalue weighted by Crippen LogP contribution is -2.26. The lowest BCUT2D eigenvalue weighted by atomic mass is 10.1. The Morgan fingerprint density at radius 2 is 1.73 bits per heavy atom. The minimum Gasteiger partial charge on any atom is -0.352 e. The van der Waals surface area contributed by atoms with E-state index in [2.05, 4.69) is 5.32 Å². The third kappa shape index (κ3) is 3.75. The third-order valence-corrected chi connectivity index (χ3v) is 3.69. The lowest BCUT2D eigenvalue weighted by Gasteiger charge is -2.08. The normalized spacial score (nSPS) is 10.3. The summed E-state index contributed by atoms with van der Waals surface area (Å²) in [6.07, 6.45) is 0.338. The average molecular weight is 339 g/mol. The van der Waals surface area contributed by atoms with Crippen LogP contribution in [-0.2, 0) is 6.42 Å². The summed E-state index contributed by atoms with van der Waals surface area (Å²) in [4.78, 5) is 22.6. The molecule has 0 heterocycles. The monoisotopic (exact) mass is 338 g/mol. The maximum Gasteiger partial charge on any atom is 0.272 e. The zero-order chi connectivity index (χ0) is 16.1. The van der Waals surface area contributed by atoms with Crippen molar-refractivity contribution in [3.8, 4) is 0 Å². The molecule has 0 fully saturated rings. The molecule has 0 radical (unpaired) electrons. The molecule has 0 saturated heterocycles. The molecular weight excluding hydrogens is 327 g/mol. The van der Waals surface area contributed by atoms with E-state index in [0.717, 1.165) is 0 Å². The second-order valence-electron chi connectivity index (χ2n) is 4.49. The van der Waals surface area contributed by atoms with E-state index in [1.807, 2.05) is 0 Å². The maximum atomic E-state index is 12.1. The highest BCUT2D eigenvalue weighted by molar-refractivity contribution is 6.39. The molecule has 114 valence electrons. The molecule has 2 aromatic carbocycles. The number of nitrogens with one attached hydrogen (secondary N) is 1. The quantitative estimate of drug-likeness (QED) is 0.664. The van der Waals surface area contributed by atoms with Crippen LogP contribution in [0.25, 0.3) is 0 Å². The molecule has 0 aliphatic rings. The molecular formula is C15H12Cl2N2O3. The van der Waals surface area contributed by atoms with Crippen molar-refractivity contribution >= 4 is 34.8 Å². The number of nitrogens with zero attached hydrogens (tertiary/aromatic N) is 1. The van der Waals surface area contributed by atoms with Crippen LogP contribution in [0.4, 0.5) is 5.69 Å². The predicted molar refractivity (Wildman–Crippen MR) is 85.6 cm³/mol. The number of carbonyl (C=O) groups excluding carboxylic acids is 1. The van der Waals surface area contributed by atoms with Gasteiger partial charge in [0.15, 0.2) is 0 Å². The SMILES string of the molecule is O=C(NCCc1ccccc1[N+](=O)[O-])c1c(Cl)cccc1Cl. The number of hydrogen-bond donors (Lipinski definition) is 1. The van der Waals surface area contributed by atoms with Gasteiger partial charge >= 0.3 is 0 Å². The molecule has 0 saturated carbocycles. The van der Waals surface area contributed by atoms with Crippen LogP contribution >= 0.6 is 23.2 Å². The largest absolute Gasteiger partial charge is 0.352 e. The van der Waals surface area contributed by atoms with Gasteiger partial charge in [-0.1, -0.05) is 47.5 Å². The van der Waals surface area contributed by atoms with Crippen molar-refractivity contribution < 1.29 is 9.72 Å². The molecule has 0 aliphatic carbocycles. The Labute approximate surface area is 137 Å². The summed E-state index contributed by atoms with van der Waals surface area (Å²) in [5, 5.41) is 14.1. The lowest BCUT2D eigenvalue weighted by molar-refractivity contribution is -0.385. The first-order chi connectivity index (χ1) is 10.5. The molecule has 2 rings (SSSR count). The van der Waals surface area contributed by atoms with Gasteiger partial charge in [-0.3, -0.25) is 14.9 Å². The Morgan fingerprint density at radius 3 is 2.36 bits per heavy atom. The first-order valence-electron chi connectivity index (χ1n) is 6.45. The van der Waals surface area contributed by atoms with Crippen LogP contribution in [0.5, 0.6) is 0 Å². The second-order valence-corrected chi connectivity index (χ2v) is 5.30. The molecule has 0 aliphatic heterocycles. The molecule has 5 nitrogen and oxygen atoms in total. The number of carbonyl (C=O) groups is 1. The van der Waals surface area contributed by atoms with Gasteiger partial charge in [-0.2, -0.15) is 0 Å². The third-order valence-electron chi connectivity index (χ3n) is 3.06. The highest BCUT2D eigenvalue weighted by Crippen LogP contribution is 2.24. The summed E-state index contributed by atoms with van der Waals surface area (Å²) < 4.78 is 0. The van der Waals surface area contributed by atoms with Crippen molar-refractivity contribution in [2.24, 2.45) is 0 Å². The molecule has 1 amide bonds. The van der Waals surface area contributed by atoms with Crippen molar-refractivity contribution in [2.75, 3.05) is 6.54 Å². The number of hydrogen-bond acceptors (Lipinski definition) is 3. The summed E-state index contributed by atoms with van der Waals surface area (Å²) in [6, 6.07) is 11.2. The summed E-state index contributed by atoms with van der Waals surface area (Å²) >= 11 is 11.9. The zero-order valence-electron chi connectivity index (χ0n) is 11.4. The molecule has 0 spiro atoms. The molecule has 0 unspecified atom stereocenters. The predicted octanol–water partition coefficient (Wildman–Crippen LogP) is 3.87. The fraction of sp³-hybridized carbons (Fsp3) is 0.133. The highest BCUT2D eigenvalue weighted by Gasteiger charge is 2.15. The Morgan fingerprint density at radius 1 is 1.09 bits per heavy atom. The smallest absolute Gasteiger partial charge is 0.272 e.